The zero-order valence-electron chi connectivity index (χ0n) is 11.8. The van der Waals surface area contributed by atoms with Crippen LogP contribution < -0.4 is 10.5 Å². The van der Waals surface area contributed by atoms with Crippen molar-refractivity contribution in [2.24, 2.45) is 5.92 Å². The molecule has 110 valence electrons. The van der Waals surface area contributed by atoms with Gasteiger partial charge in [0.2, 0.25) is 5.95 Å². The molecule has 6 heteroatoms. The van der Waals surface area contributed by atoms with Gasteiger partial charge in [-0.05, 0) is 37.0 Å². The predicted molar refractivity (Wildman–Crippen MR) is 79.9 cm³/mol. The van der Waals surface area contributed by atoms with Crippen molar-refractivity contribution in [3.05, 3.63) is 34.1 Å². The van der Waals surface area contributed by atoms with Gasteiger partial charge in [-0.3, -0.25) is 9.78 Å². The number of nitrogens with zero attached hydrogens (tertiary/aromatic N) is 2. The molecular weight excluding hydrogens is 270 g/mol. The first-order chi connectivity index (χ1) is 10.0. The zero-order valence-corrected chi connectivity index (χ0v) is 11.8. The van der Waals surface area contributed by atoms with E-state index >= 15 is 0 Å². The van der Waals surface area contributed by atoms with E-state index in [1.54, 1.807) is 0 Å². The first-order valence-electron chi connectivity index (χ1n) is 7.07. The number of aromatic amines is 1. The van der Waals surface area contributed by atoms with Crippen LogP contribution in [0, 0.1) is 5.92 Å². The quantitative estimate of drug-likeness (QED) is 0.880. The molecule has 2 N–H and O–H groups in total. The molecule has 0 amide bonds. The molecule has 0 bridgehead atoms. The highest BCUT2D eigenvalue weighted by atomic mass is 16.4. The van der Waals surface area contributed by atoms with Gasteiger partial charge in [0.25, 0.3) is 5.56 Å². The summed E-state index contributed by atoms with van der Waals surface area (Å²) in [6.45, 7) is 3.93. The summed E-state index contributed by atoms with van der Waals surface area (Å²) >= 11 is 0. The molecule has 1 aromatic heterocycles. The van der Waals surface area contributed by atoms with Crippen molar-refractivity contribution in [3.63, 3.8) is 0 Å². The summed E-state index contributed by atoms with van der Waals surface area (Å²) in [5.74, 6) is 0.196. The summed E-state index contributed by atoms with van der Waals surface area (Å²) in [6, 6.07) is 4.37. The van der Waals surface area contributed by atoms with Crippen LogP contribution in [0.4, 0.5) is 5.95 Å². The van der Waals surface area contributed by atoms with E-state index in [1.807, 2.05) is 4.90 Å². The average Bonchev–Trinajstić information content (AvgIpc) is 2.47. The maximum absolute atomic E-state index is 12.1. The van der Waals surface area contributed by atoms with Gasteiger partial charge in [0, 0.05) is 13.1 Å². The van der Waals surface area contributed by atoms with Gasteiger partial charge in [-0.1, -0.05) is 6.92 Å². The summed E-state index contributed by atoms with van der Waals surface area (Å²) in [7, 11) is 0. The zero-order chi connectivity index (χ0) is 15.0. The Hall–Kier alpha value is -2.37. The van der Waals surface area contributed by atoms with Crippen LogP contribution in [0.1, 0.15) is 30.1 Å². The third-order valence-corrected chi connectivity index (χ3v) is 4.02. The summed E-state index contributed by atoms with van der Waals surface area (Å²) in [5, 5.41) is 9.45. The fourth-order valence-electron chi connectivity index (χ4n) is 2.63. The molecule has 0 unspecified atom stereocenters. The van der Waals surface area contributed by atoms with Crippen LogP contribution in [0.3, 0.4) is 0 Å². The number of benzene rings is 1. The number of nitrogens with one attached hydrogen (secondary N) is 1. The van der Waals surface area contributed by atoms with Gasteiger partial charge in [-0.15, -0.1) is 0 Å². The lowest BCUT2D eigenvalue weighted by molar-refractivity contribution is 0.0697. The van der Waals surface area contributed by atoms with Gasteiger partial charge in [0.1, 0.15) is 0 Å². The lowest BCUT2D eigenvalue weighted by Crippen LogP contribution is -2.35. The highest BCUT2D eigenvalue weighted by Crippen LogP contribution is 2.20. The minimum absolute atomic E-state index is 0.138. The molecule has 2 aromatic rings. The van der Waals surface area contributed by atoms with Crippen LogP contribution in [-0.4, -0.2) is 34.1 Å². The normalized spacial score (nSPS) is 16.3. The van der Waals surface area contributed by atoms with Crippen LogP contribution >= 0.6 is 0 Å². The number of anilines is 1. The largest absolute Gasteiger partial charge is 0.478 e. The van der Waals surface area contributed by atoms with Crippen LogP contribution in [0.25, 0.3) is 10.9 Å². The number of hydrogen-bond acceptors (Lipinski definition) is 4. The number of hydrogen-bond donors (Lipinski definition) is 2. The van der Waals surface area contributed by atoms with Crippen molar-refractivity contribution < 1.29 is 9.90 Å². The number of aromatic nitrogens is 2. The van der Waals surface area contributed by atoms with E-state index in [-0.39, 0.29) is 11.1 Å². The number of rotatable bonds is 2. The lowest BCUT2D eigenvalue weighted by Gasteiger charge is -2.30. The van der Waals surface area contributed by atoms with Gasteiger partial charge in [0.05, 0.1) is 16.5 Å². The second-order valence-electron chi connectivity index (χ2n) is 5.60. The predicted octanol–water partition coefficient (Wildman–Crippen LogP) is 1.86. The molecule has 0 spiro atoms. The molecule has 6 nitrogen and oxygen atoms in total. The van der Waals surface area contributed by atoms with E-state index in [0.717, 1.165) is 25.9 Å². The fraction of sp³-hybridized carbons (Fsp3) is 0.400. The molecule has 1 aliphatic heterocycles. The second-order valence-corrected chi connectivity index (χ2v) is 5.60. The Bertz CT molecular complexity index is 745. The summed E-state index contributed by atoms with van der Waals surface area (Å²) < 4.78 is 0. The minimum atomic E-state index is -1.02. The molecule has 2 heterocycles. The molecule has 1 fully saturated rings. The maximum Gasteiger partial charge on any atom is 0.335 e. The van der Waals surface area contributed by atoms with E-state index in [1.165, 1.54) is 18.2 Å². The summed E-state index contributed by atoms with van der Waals surface area (Å²) in [4.78, 5) is 32.4. The van der Waals surface area contributed by atoms with Crippen LogP contribution in [0.5, 0.6) is 0 Å². The van der Waals surface area contributed by atoms with Crippen LogP contribution in [0.15, 0.2) is 23.0 Å². The molecule has 21 heavy (non-hydrogen) atoms. The maximum atomic E-state index is 12.1. The Kier molecular flexibility index (Phi) is 3.37. The van der Waals surface area contributed by atoms with Crippen molar-refractivity contribution in [2.45, 2.75) is 19.8 Å². The van der Waals surface area contributed by atoms with Gasteiger partial charge in [0.15, 0.2) is 0 Å². The monoisotopic (exact) mass is 287 g/mol. The Labute approximate surface area is 121 Å². The topological polar surface area (TPSA) is 86.3 Å². The molecule has 1 aromatic carbocycles. The van der Waals surface area contributed by atoms with Gasteiger partial charge < -0.3 is 10.0 Å². The first-order valence-corrected chi connectivity index (χ1v) is 7.07. The Morgan fingerprint density at radius 3 is 2.76 bits per heavy atom. The Balaban J connectivity index is 2.04. The fourth-order valence-corrected chi connectivity index (χ4v) is 2.63. The molecule has 0 aliphatic carbocycles. The van der Waals surface area contributed by atoms with E-state index < -0.39 is 5.97 Å². The Morgan fingerprint density at radius 2 is 2.10 bits per heavy atom. The third kappa shape index (κ3) is 2.61. The molecule has 3 rings (SSSR count). The number of H-pyrrole nitrogens is 1. The molecule has 1 saturated heterocycles. The molecular formula is C15H17N3O3. The molecule has 0 radical (unpaired) electrons. The average molecular weight is 287 g/mol. The van der Waals surface area contributed by atoms with E-state index in [2.05, 4.69) is 16.9 Å². The second kappa shape index (κ2) is 5.20. The van der Waals surface area contributed by atoms with Crippen molar-refractivity contribution in [1.29, 1.82) is 0 Å². The smallest absolute Gasteiger partial charge is 0.335 e. The van der Waals surface area contributed by atoms with Crippen molar-refractivity contribution >= 4 is 22.8 Å². The van der Waals surface area contributed by atoms with Gasteiger partial charge in [-0.2, -0.15) is 0 Å². The summed E-state index contributed by atoms with van der Waals surface area (Å²) in [6.07, 6.45) is 2.13. The van der Waals surface area contributed by atoms with E-state index in [0.29, 0.717) is 22.8 Å². The Morgan fingerprint density at radius 1 is 1.38 bits per heavy atom. The highest BCUT2D eigenvalue weighted by Gasteiger charge is 2.18. The van der Waals surface area contributed by atoms with Crippen molar-refractivity contribution in [1.82, 2.24) is 9.97 Å². The van der Waals surface area contributed by atoms with Gasteiger partial charge in [-0.25, -0.2) is 9.78 Å². The number of carboxylic acid groups (broad SMARTS) is 1. The molecule has 0 saturated carbocycles. The minimum Gasteiger partial charge on any atom is -0.478 e. The SMILES string of the molecule is CC1CCN(c2nc3cc(C(=O)O)ccc3c(=O)[nH]2)CC1. The van der Waals surface area contributed by atoms with Gasteiger partial charge >= 0.3 is 5.97 Å². The molecule has 0 atom stereocenters. The van der Waals surface area contributed by atoms with E-state index in [4.69, 9.17) is 5.11 Å². The van der Waals surface area contributed by atoms with Crippen molar-refractivity contribution in [3.8, 4) is 0 Å². The number of carbonyl (C=O) groups is 1. The van der Waals surface area contributed by atoms with Crippen LogP contribution in [-0.2, 0) is 0 Å². The number of fused-ring (bicyclic) bond motifs is 1. The number of aromatic carboxylic acids is 1. The van der Waals surface area contributed by atoms with Crippen LogP contribution in [0.2, 0.25) is 0 Å². The standard InChI is InChI=1S/C15H17N3O3/c1-9-4-6-18(7-5-9)15-16-12-8-10(14(20)21)2-3-11(12)13(19)17-15/h2-3,8-9H,4-7H2,1H3,(H,20,21)(H,16,17,19). The molecule has 1 aliphatic rings. The number of piperidine rings is 1. The highest BCUT2D eigenvalue weighted by molar-refractivity contribution is 5.93. The summed E-state index contributed by atoms with van der Waals surface area (Å²) in [5.41, 5.74) is 0.330. The third-order valence-electron chi connectivity index (χ3n) is 4.02. The first kappa shape index (κ1) is 13.6. The lowest BCUT2D eigenvalue weighted by atomic mass is 10.00. The number of carboxylic acids is 1. The van der Waals surface area contributed by atoms with E-state index in [9.17, 15) is 9.59 Å². The van der Waals surface area contributed by atoms with Crippen molar-refractivity contribution in [2.75, 3.05) is 18.0 Å².